The number of benzene rings is 3. The number of carbonyl (C=O) groups excluding carboxylic acids is 1. The summed E-state index contributed by atoms with van der Waals surface area (Å²) in [6.45, 7) is 2.48. The van der Waals surface area contributed by atoms with Gasteiger partial charge in [0, 0.05) is 6.07 Å². The number of ether oxygens (including phenoxy) is 5. The Labute approximate surface area is 179 Å². The zero-order valence-electron chi connectivity index (χ0n) is 17.1. The first-order valence-electron chi connectivity index (χ1n) is 9.85. The molecule has 0 N–H and O–H groups in total. The fourth-order valence-corrected chi connectivity index (χ4v) is 3.60. The molecule has 31 heavy (non-hydrogen) atoms. The number of ketones is 1. The van der Waals surface area contributed by atoms with Crippen molar-refractivity contribution in [3.05, 3.63) is 82.6 Å². The summed E-state index contributed by atoms with van der Waals surface area (Å²) in [6, 6.07) is 16.8. The molecule has 0 atom stereocenters. The molecule has 2 aliphatic rings. The number of methoxy groups -OCH3 is 1. The topological polar surface area (TPSA) is 63.2 Å². The Bertz CT molecular complexity index is 1190. The van der Waals surface area contributed by atoms with E-state index in [2.05, 4.69) is 0 Å². The van der Waals surface area contributed by atoms with Gasteiger partial charge >= 0.3 is 0 Å². The van der Waals surface area contributed by atoms with Gasteiger partial charge in [-0.15, -0.1) is 0 Å². The van der Waals surface area contributed by atoms with E-state index in [0.717, 1.165) is 22.4 Å². The average Bonchev–Trinajstić information content (AvgIpc) is 3.37. The second-order valence-corrected chi connectivity index (χ2v) is 7.30. The quantitative estimate of drug-likeness (QED) is 0.550. The summed E-state index contributed by atoms with van der Waals surface area (Å²) in [4.78, 5) is 12.9. The summed E-state index contributed by atoms with van der Waals surface area (Å²) >= 11 is 0. The Morgan fingerprint density at radius 2 is 1.74 bits per heavy atom. The maximum Gasteiger partial charge on any atom is 0.232 e. The van der Waals surface area contributed by atoms with E-state index in [0.29, 0.717) is 35.2 Å². The highest BCUT2D eigenvalue weighted by atomic mass is 16.7. The van der Waals surface area contributed by atoms with Gasteiger partial charge in [-0.25, -0.2) is 0 Å². The van der Waals surface area contributed by atoms with Crippen molar-refractivity contribution in [3.63, 3.8) is 0 Å². The van der Waals surface area contributed by atoms with Crippen molar-refractivity contribution >= 4 is 11.9 Å². The van der Waals surface area contributed by atoms with Crippen molar-refractivity contribution in [3.8, 4) is 28.7 Å². The molecule has 0 spiro atoms. The highest BCUT2D eigenvalue weighted by Crippen LogP contribution is 2.39. The monoisotopic (exact) mass is 416 g/mol. The van der Waals surface area contributed by atoms with Crippen LogP contribution >= 0.6 is 0 Å². The molecular formula is C25H20O6. The number of allylic oxidation sites excluding steroid dienone is 1. The average molecular weight is 416 g/mol. The first kappa shape index (κ1) is 19.1. The Morgan fingerprint density at radius 3 is 2.55 bits per heavy atom. The molecule has 5 rings (SSSR count). The molecule has 0 fully saturated rings. The molecule has 0 bridgehead atoms. The van der Waals surface area contributed by atoms with E-state index in [9.17, 15) is 4.79 Å². The summed E-state index contributed by atoms with van der Waals surface area (Å²) in [6.07, 6.45) is 1.71. The first-order valence-corrected chi connectivity index (χ1v) is 9.85. The van der Waals surface area contributed by atoms with Gasteiger partial charge in [0.1, 0.15) is 23.9 Å². The van der Waals surface area contributed by atoms with E-state index in [1.54, 1.807) is 19.3 Å². The molecule has 6 heteroatoms. The Kier molecular flexibility index (Phi) is 4.75. The fraction of sp³-hybridized carbons (Fsp3) is 0.160. The number of carbonyl (C=O) groups is 1. The SMILES string of the molecule is COc1ccc(COc2cc(C)c3c(c2)O/C(=C\c2ccc4c(c2)OCO4)C3=O)cc1. The van der Waals surface area contributed by atoms with Gasteiger partial charge in [-0.3, -0.25) is 4.79 Å². The van der Waals surface area contributed by atoms with Crippen molar-refractivity contribution in [2.45, 2.75) is 13.5 Å². The molecule has 0 amide bonds. The highest BCUT2D eigenvalue weighted by molar-refractivity contribution is 6.15. The molecule has 0 aromatic heterocycles. The van der Waals surface area contributed by atoms with Crippen molar-refractivity contribution in [1.29, 1.82) is 0 Å². The molecular weight excluding hydrogens is 396 g/mol. The summed E-state index contributed by atoms with van der Waals surface area (Å²) in [5.74, 6) is 3.41. The lowest BCUT2D eigenvalue weighted by Gasteiger charge is -2.09. The van der Waals surface area contributed by atoms with Crippen molar-refractivity contribution < 1.29 is 28.5 Å². The molecule has 156 valence electrons. The summed E-state index contributed by atoms with van der Waals surface area (Å²) in [5.41, 5.74) is 3.18. The van der Waals surface area contributed by atoms with Crippen LogP contribution in [0.5, 0.6) is 28.7 Å². The summed E-state index contributed by atoms with van der Waals surface area (Å²) in [5, 5.41) is 0. The maximum absolute atomic E-state index is 12.9. The van der Waals surface area contributed by atoms with E-state index >= 15 is 0 Å². The third-order valence-corrected chi connectivity index (χ3v) is 5.20. The lowest BCUT2D eigenvalue weighted by atomic mass is 10.0. The summed E-state index contributed by atoms with van der Waals surface area (Å²) in [7, 11) is 1.63. The van der Waals surface area contributed by atoms with Crippen LogP contribution in [-0.4, -0.2) is 19.7 Å². The molecule has 0 unspecified atom stereocenters. The Balaban J connectivity index is 1.35. The van der Waals surface area contributed by atoms with Crippen LogP contribution < -0.4 is 23.7 Å². The predicted molar refractivity (Wildman–Crippen MR) is 114 cm³/mol. The predicted octanol–water partition coefficient (Wildman–Crippen LogP) is 4.93. The smallest absolute Gasteiger partial charge is 0.232 e. The fourth-order valence-electron chi connectivity index (χ4n) is 3.60. The lowest BCUT2D eigenvalue weighted by molar-refractivity contribution is 0.101. The van der Waals surface area contributed by atoms with Crippen LogP contribution in [0.4, 0.5) is 0 Å². The van der Waals surface area contributed by atoms with Gasteiger partial charge in [0.15, 0.2) is 17.3 Å². The van der Waals surface area contributed by atoms with E-state index in [1.807, 2.05) is 55.5 Å². The second-order valence-electron chi connectivity index (χ2n) is 7.30. The normalized spacial score (nSPS) is 15.0. The van der Waals surface area contributed by atoms with Crippen LogP contribution in [0.2, 0.25) is 0 Å². The Hall–Kier alpha value is -3.93. The number of rotatable bonds is 5. The molecule has 6 nitrogen and oxygen atoms in total. The van der Waals surface area contributed by atoms with Gasteiger partial charge < -0.3 is 23.7 Å². The van der Waals surface area contributed by atoms with Crippen LogP contribution in [0.15, 0.2) is 60.4 Å². The van der Waals surface area contributed by atoms with E-state index < -0.39 is 0 Å². The summed E-state index contributed by atoms with van der Waals surface area (Å²) < 4.78 is 27.7. The maximum atomic E-state index is 12.9. The van der Waals surface area contributed by atoms with Gasteiger partial charge in [-0.2, -0.15) is 0 Å². The van der Waals surface area contributed by atoms with Crippen molar-refractivity contribution in [2.24, 2.45) is 0 Å². The first-order chi connectivity index (χ1) is 15.1. The third kappa shape index (κ3) is 3.68. The number of aryl methyl sites for hydroxylation is 1. The van der Waals surface area contributed by atoms with Crippen molar-refractivity contribution in [2.75, 3.05) is 13.9 Å². The van der Waals surface area contributed by atoms with Crippen LogP contribution in [0.3, 0.4) is 0 Å². The minimum Gasteiger partial charge on any atom is -0.497 e. The van der Waals surface area contributed by atoms with Crippen LogP contribution in [0, 0.1) is 6.92 Å². The molecule has 2 aliphatic heterocycles. The lowest BCUT2D eigenvalue weighted by Crippen LogP contribution is -2.00. The molecule has 0 saturated heterocycles. The van der Waals surface area contributed by atoms with Gasteiger partial charge in [0.2, 0.25) is 12.6 Å². The largest absolute Gasteiger partial charge is 0.497 e. The second kappa shape index (κ2) is 7.72. The Morgan fingerprint density at radius 1 is 0.935 bits per heavy atom. The highest BCUT2D eigenvalue weighted by Gasteiger charge is 2.30. The minimum atomic E-state index is -0.146. The van der Waals surface area contributed by atoms with Gasteiger partial charge in [-0.05, 0) is 60.0 Å². The van der Waals surface area contributed by atoms with Crippen LogP contribution in [0.1, 0.15) is 27.0 Å². The molecule has 3 aromatic rings. The zero-order chi connectivity index (χ0) is 21.4. The van der Waals surface area contributed by atoms with Gasteiger partial charge in [-0.1, -0.05) is 18.2 Å². The third-order valence-electron chi connectivity index (χ3n) is 5.20. The number of hydrogen-bond donors (Lipinski definition) is 0. The van der Waals surface area contributed by atoms with Gasteiger partial charge in [0.05, 0.1) is 12.7 Å². The van der Waals surface area contributed by atoms with E-state index in [-0.39, 0.29) is 18.3 Å². The minimum absolute atomic E-state index is 0.146. The van der Waals surface area contributed by atoms with Crippen molar-refractivity contribution in [1.82, 2.24) is 0 Å². The van der Waals surface area contributed by atoms with E-state index in [4.69, 9.17) is 23.7 Å². The van der Waals surface area contributed by atoms with Crippen LogP contribution in [-0.2, 0) is 6.61 Å². The number of fused-ring (bicyclic) bond motifs is 2. The zero-order valence-corrected chi connectivity index (χ0v) is 17.1. The molecule has 0 saturated carbocycles. The van der Waals surface area contributed by atoms with Crippen LogP contribution in [0.25, 0.3) is 6.08 Å². The van der Waals surface area contributed by atoms with E-state index in [1.165, 1.54) is 0 Å². The van der Waals surface area contributed by atoms with Gasteiger partial charge in [0.25, 0.3) is 0 Å². The molecule has 2 heterocycles. The number of Topliss-reactive ketones (excluding diaryl/α,β-unsaturated/α-hetero) is 1. The molecule has 0 aliphatic carbocycles. The molecule has 0 radical (unpaired) electrons. The molecule has 3 aromatic carbocycles. The standard InChI is InChI=1S/C25H20O6/c1-15-9-19(28-13-16-3-6-18(27-2)7-4-16)12-22-24(15)25(26)23(31-22)11-17-5-8-20-21(10-17)30-14-29-20/h3-12H,13-14H2,1-2H3/b23-11-. The number of hydrogen-bond acceptors (Lipinski definition) is 6.